The number of carbonyl (C=O) groups is 4. The number of carbonyl (C=O) groups excluding carboxylic acids is 4. The Bertz CT molecular complexity index is 2110. The zero-order chi connectivity index (χ0) is 34.7. The number of Topliss-reactive ketones (excluding diaryl/α,β-unsaturated/α-hetero) is 1. The molecule has 0 radical (unpaired) electrons. The van der Waals surface area contributed by atoms with Crippen LogP contribution in [0.15, 0.2) is 121 Å². The van der Waals surface area contributed by atoms with Gasteiger partial charge in [0.25, 0.3) is 0 Å². The molecule has 8 heteroatoms. The molecule has 50 heavy (non-hydrogen) atoms. The van der Waals surface area contributed by atoms with Gasteiger partial charge in [0.05, 0.1) is 29.5 Å². The summed E-state index contributed by atoms with van der Waals surface area (Å²) in [6, 6.07) is 31.1. The van der Waals surface area contributed by atoms with Gasteiger partial charge in [-0.15, -0.1) is 0 Å². The highest BCUT2D eigenvalue weighted by Crippen LogP contribution is 2.64. The predicted molar refractivity (Wildman–Crippen MR) is 197 cm³/mol. The van der Waals surface area contributed by atoms with E-state index in [1.54, 1.807) is 30.3 Å². The Morgan fingerprint density at radius 3 is 2.26 bits per heavy atom. The Morgan fingerprint density at radius 1 is 0.860 bits per heavy atom. The molecule has 1 N–H and O–H groups in total. The number of aromatic hydroxyl groups is 1. The first-order valence-electron chi connectivity index (χ1n) is 17.0. The molecule has 6 atom stereocenters. The number of phenolic OH excluding ortho intramolecular Hbond substituents is 1. The van der Waals surface area contributed by atoms with Crippen LogP contribution in [0.2, 0.25) is 0 Å². The monoisotopic (exact) mass is 775 g/mol. The van der Waals surface area contributed by atoms with Crippen LogP contribution in [0.4, 0.5) is 5.69 Å². The molecule has 4 aliphatic rings. The van der Waals surface area contributed by atoms with Crippen LogP contribution in [0.5, 0.6) is 11.5 Å². The molecule has 1 saturated heterocycles. The van der Waals surface area contributed by atoms with Gasteiger partial charge in [0, 0.05) is 21.0 Å². The number of benzene rings is 4. The quantitative estimate of drug-likeness (QED) is 0.124. The average molecular weight is 776 g/mol. The van der Waals surface area contributed by atoms with E-state index in [0.29, 0.717) is 41.0 Å². The van der Waals surface area contributed by atoms with Crippen LogP contribution in [0, 0.1) is 27.2 Å². The smallest absolute Gasteiger partial charge is 0.238 e. The molecule has 2 amide bonds. The summed E-state index contributed by atoms with van der Waals surface area (Å²) in [7, 11) is 0. The van der Waals surface area contributed by atoms with Crippen molar-refractivity contribution in [1.82, 2.24) is 0 Å². The van der Waals surface area contributed by atoms with E-state index in [9.17, 15) is 14.7 Å². The molecule has 0 unspecified atom stereocenters. The Hall–Kier alpha value is -4.83. The molecular formula is C42H34INO6. The Morgan fingerprint density at radius 2 is 1.56 bits per heavy atom. The molecule has 7 nitrogen and oxygen atoms in total. The first kappa shape index (κ1) is 32.4. The second kappa shape index (κ2) is 12.5. The normalized spacial score (nSPS) is 27.2. The summed E-state index contributed by atoms with van der Waals surface area (Å²) in [6.07, 6.45) is 4.11. The maximum Gasteiger partial charge on any atom is 0.238 e. The third-order valence-corrected chi connectivity index (χ3v) is 11.8. The summed E-state index contributed by atoms with van der Waals surface area (Å²) in [6.45, 7) is 2.14. The zero-order valence-corrected chi connectivity index (χ0v) is 29.4. The maximum absolute atomic E-state index is 15.2. The molecule has 1 saturated carbocycles. The van der Waals surface area contributed by atoms with Gasteiger partial charge in [-0.3, -0.25) is 24.1 Å². The molecule has 0 bridgehead atoms. The number of imide groups is 1. The number of hydrogen-bond donors (Lipinski definition) is 1. The molecule has 1 aliphatic heterocycles. The fourth-order valence-electron chi connectivity index (χ4n) is 9.08. The van der Waals surface area contributed by atoms with Crippen LogP contribution in [0.25, 0.3) is 5.57 Å². The second-order valence-corrected chi connectivity index (χ2v) is 14.7. The highest BCUT2D eigenvalue weighted by atomic mass is 127. The first-order chi connectivity index (χ1) is 24.2. The standard InChI is InChI=1S/C42H34INO6/c1-2-50-35-21-25(13-20-34(35)45)38-29-18-19-30-37(41(49)44(40(30)48)28-16-14-27(43)15-17-28)32(29)22-33-39(47)31(24-9-5-3-6-10-24)23-36(46)42(33,38)26-11-7-4-8-12-26/h3-18,20-21,23,30,32-33,37-38,45H,2,19,22H2,1H3/t30-,32+,33-,37-,38-,42-/m0/s1. The van der Waals surface area contributed by atoms with Crippen LogP contribution in [0.1, 0.15) is 42.4 Å². The van der Waals surface area contributed by atoms with E-state index >= 15 is 9.59 Å². The number of allylic oxidation sites excluding steroid dienone is 4. The lowest BCUT2D eigenvalue weighted by molar-refractivity contribution is -0.135. The van der Waals surface area contributed by atoms with E-state index < -0.39 is 35.0 Å². The second-order valence-electron chi connectivity index (χ2n) is 13.4. The van der Waals surface area contributed by atoms with Gasteiger partial charge in [0.1, 0.15) is 0 Å². The summed E-state index contributed by atoms with van der Waals surface area (Å²) < 4.78 is 6.82. The van der Waals surface area contributed by atoms with Gasteiger partial charge in [0.15, 0.2) is 23.1 Å². The topological polar surface area (TPSA) is 101 Å². The molecule has 2 fully saturated rings. The molecule has 0 aromatic heterocycles. The Balaban J connectivity index is 1.36. The van der Waals surface area contributed by atoms with Gasteiger partial charge in [-0.25, -0.2) is 0 Å². The molecular weight excluding hydrogens is 741 g/mol. The summed E-state index contributed by atoms with van der Waals surface area (Å²) in [4.78, 5) is 60.1. The highest BCUT2D eigenvalue weighted by Gasteiger charge is 2.66. The van der Waals surface area contributed by atoms with Crippen LogP contribution >= 0.6 is 22.6 Å². The van der Waals surface area contributed by atoms with Crippen molar-refractivity contribution in [1.29, 1.82) is 0 Å². The lowest BCUT2D eigenvalue weighted by Crippen LogP contribution is -2.58. The SMILES string of the molecule is CCOc1cc([C@H]2C3=CC[C@@H]4C(=O)N(c5ccc(I)cc5)C(=O)[C@@H]4[C@@H]3C[C@H]3C(=O)C(c4ccccc4)=CC(=O)[C@@]23c2ccccc2)ccc1O. The largest absolute Gasteiger partial charge is 0.504 e. The van der Waals surface area contributed by atoms with E-state index in [4.69, 9.17) is 4.74 Å². The maximum atomic E-state index is 15.2. The van der Waals surface area contributed by atoms with Gasteiger partial charge in [-0.05, 0) is 107 Å². The summed E-state index contributed by atoms with van der Waals surface area (Å²) >= 11 is 2.19. The number of ether oxygens (including phenoxy) is 1. The Kier molecular flexibility index (Phi) is 8.09. The fourth-order valence-corrected chi connectivity index (χ4v) is 9.43. The van der Waals surface area contributed by atoms with Crippen molar-refractivity contribution in [3.8, 4) is 11.5 Å². The van der Waals surface area contributed by atoms with Crippen LogP contribution in [-0.2, 0) is 24.6 Å². The average Bonchev–Trinajstić information content (AvgIpc) is 3.40. The molecule has 4 aromatic carbocycles. The van der Waals surface area contributed by atoms with Gasteiger partial charge in [0.2, 0.25) is 11.8 Å². The number of hydrogen-bond acceptors (Lipinski definition) is 6. The summed E-state index contributed by atoms with van der Waals surface area (Å²) in [5.41, 5.74) is 2.45. The van der Waals surface area contributed by atoms with E-state index in [1.165, 1.54) is 11.0 Å². The van der Waals surface area contributed by atoms with Gasteiger partial charge >= 0.3 is 0 Å². The summed E-state index contributed by atoms with van der Waals surface area (Å²) in [5, 5.41) is 10.7. The number of nitrogens with zero attached hydrogens (tertiary/aromatic N) is 1. The number of ketones is 2. The fraction of sp³-hybridized carbons (Fsp3) is 0.238. The van der Waals surface area contributed by atoms with Crippen molar-refractivity contribution in [3.63, 3.8) is 0 Å². The zero-order valence-electron chi connectivity index (χ0n) is 27.3. The Labute approximate surface area is 303 Å². The number of anilines is 1. The molecule has 1 heterocycles. The van der Waals surface area contributed by atoms with Crippen molar-refractivity contribution < 1.29 is 29.0 Å². The van der Waals surface area contributed by atoms with Crippen LogP contribution in [0.3, 0.4) is 0 Å². The lowest BCUT2D eigenvalue weighted by atomic mass is 9.44. The number of phenols is 1. The van der Waals surface area contributed by atoms with Crippen LogP contribution < -0.4 is 9.64 Å². The molecule has 8 rings (SSSR count). The molecule has 250 valence electrons. The van der Waals surface area contributed by atoms with E-state index in [1.807, 2.05) is 85.8 Å². The highest BCUT2D eigenvalue weighted by molar-refractivity contribution is 14.1. The van der Waals surface area contributed by atoms with Crippen molar-refractivity contribution in [3.05, 3.63) is 141 Å². The molecule has 0 spiro atoms. The van der Waals surface area contributed by atoms with Crippen molar-refractivity contribution in [2.75, 3.05) is 11.5 Å². The molecule has 3 aliphatic carbocycles. The van der Waals surface area contributed by atoms with E-state index in [0.717, 1.165) is 9.14 Å². The molecule has 4 aromatic rings. The number of halogens is 1. The van der Waals surface area contributed by atoms with Gasteiger partial charge < -0.3 is 9.84 Å². The third-order valence-electron chi connectivity index (χ3n) is 11.1. The van der Waals surface area contributed by atoms with Gasteiger partial charge in [-0.2, -0.15) is 0 Å². The minimum Gasteiger partial charge on any atom is -0.504 e. The van der Waals surface area contributed by atoms with Crippen molar-refractivity contribution >= 4 is 57.2 Å². The summed E-state index contributed by atoms with van der Waals surface area (Å²) in [5.74, 6) is -3.95. The number of amides is 2. The lowest BCUT2D eigenvalue weighted by Gasteiger charge is -2.55. The van der Waals surface area contributed by atoms with Gasteiger partial charge in [-0.1, -0.05) is 78.4 Å². The third kappa shape index (κ3) is 4.82. The minimum absolute atomic E-state index is 0.0343. The van der Waals surface area contributed by atoms with E-state index in [2.05, 4.69) is 22.6 Å². The van der Waals surface area contributed by atoms with Crippen LogP contribution in [-0.4, -0.2) is 35.1 Å². The number of fused-ring (bicyclic) bond motifs is 4. The number of rotatable bonds is 6. The first-order valence-corrected chi connectivity index (χ1v) is 18.0. The van der Waals surface area contributed by atoms with Crippen molar-refractivity contribution in [2.45, 2.75) is 31.1 Å². The van der Waals surface area contributed by atoms with E-state index in [-0.39, 0.29) is 41.3 Å². The van der Waals surface area contributed by atoms with Crippen molar-refractivity contribution in [2.24, 2.45) is 23.7 Å². The minimum atomic E-state index is -1.35. The predicted octanol–water partition coefficient (Wildman–Crippen LogP) is 7.42.